The average Bonchev–Trinajstić information content (AvgIpc) is 2.40. The quantitative estimate of drug-likeness (QED) is 0.756. The predicted octanol–water partition coefficient (Wildman–Crippen LogP) is 4.42. The Morgan fingerprint density at radius 2 is 1.53 bits per heavy atom. The van der Waals surface area contributed by atoms with Crippen molar-refractivity contribution in [2.75, 3.05) is 0 Å². The molecular weight excluding hydrogens is 277 g/mol. The van der Waals surface area contributed by atoms with Crippen LogP contribution in [0.2, 0.25) is 0 Å². The van der Waals surface area contributed by atoms with Crippen LogP contribution in [0.1, 0.15) is 11.1 Å². The van der Waals surface area contributed by atoms with Crippen molar-refractivity contribution in [3.8, 4) is 5.75 Å². The Bertz CT molecular complexity index is 587. The molecule has 2 aromatic carbocycles. The van der Waals surface area contributed by atoms with Crippen molar-refractivity contribution < 1.29 is 17.9 Å². The highest BCUT2D eigenvalue weighted by molar-refractivity contribution is 6.17. The van der Waals surface area contributed by atoms with E-state index >= 15 is 0 Å². The van der Waals surface area contributed by atoms with Crippen LogP contribution in [0.5, 0.6) is 5.75 Å². The molecule has 2 rings (SSSR count). The molecule has 1 nitrogen and oxygen atoms in total. The predicted molar refractivity (Wildman–Crippen MR) is 66.6 cm³/mol. The first kappa shape index (κ1) is 13.7. The van der Waals surface area contributed by atoms with Crippen molar-refractivity contribution in [2.45, 2.75) is 12.5 Å². The summed E-state index contributed by atoms with van der Waals surface area (Å²) < 4.78 is 44.7. The third-order valence-electron chi connectivity index (χ3n) is 2.56. The second-order valence-electron chi connectivity index (χ2n) is 3.91. The van der Waals surface area contributed by atoms with Crippen molar-refractivity contribution in [1.29, 1.82) is 0 Å². The molecule has 0 saturated heterocycles. The molecule has 0 aromatic heterocycles. The first-order valence-corrected chi connectivity index (χ1v) is 6.04. The number of hydrogen-bond acceptors (Lipinski definition) is 1. The topological polar surface area (TPSA) is 9.23 Å². The van der Waals surface area contributed by atoms with Crippen molar-refractivity contribution >= 4 is 11.6 Å². The van der Waals surface area contributed by atoms with Crippen molar-refractivity contribution in [1.82, 2.24) is 0 Å². The Hall–Kier alpha value is -1.68. The van der Waals surface area contributed by atoms with E-state index < -0.39 is 17.5 Å². The lowest BCUT2D eigenvalue weighted by molar-refractivity contribution is 0.296. The average molecular weight is 287 g/mol. The van der Waals surface area contributed by atoms with E-state index in [1.54, 1.807) is 0 Å². The van der Waals surface area contributed by atoms with Gasteiger partial charge in [-0.05, 0) is 36.4 Å². The Labute approximate surface area is 113 Å². The van der Waals surface area contributed by atoms with Crippen LogP contribution in [0.25, 0.3) is 0 Å². The van der Waals surface area contributed by atoms with E-state index in [1.165, 1.54) is 18.2 Å². The number of rotatable bonds is 4. The van der Waals surface area contributed by atoms with Crippen LogP contribution in [0.3, 0.4) is 0 Å². The number of benzene rings is 2. The molecule has 0 saturated carbocycles. The van der Waals surface area contributed by atoms with Crippen LogP contribution >= 0.6 is 11.6 Å². The molecule has 0 N–H and O–H groups in total. The molecule has 0 unspecified atom stereocenters. The van der Waals surface area contributed by atoms with Gasteiger partial charge in [0, 0.05) is 11.1 Å². The Balaban J connectivity index is 2.16. The van der Waals surface area contributed by atoms with Gasteiger partial charge in [0.25, 0.3) is 0 Å². The lowest BCUT2D eigenvalue weighted by Gasteiger charge is -2.10. The van der Waals surface area contributed by atoms with Gasteiger partial charge in [-0.15, -0.1) is 11.6 Å². The summed E-state index contributed by atoms with van der Waals surface area (Å²) in [6, 6.07) is 6.98. The minimum Gasteiger partial charge on any atom is -0.488 e. The molecule has 0 bridgehead atoms. The normalized spacial score (nSPS) is 10.5. The number of hydrogen-bond donors (Lipinski definition) is 0. The first-order valence-electron chi connectivity index (χ1n) is 5.51. The molecule has 19 heavy (non-hydrogen) atoms. The summed E-state index contributed by atoms with van der Waals surface area (Å²) in [6.07, 6.45) is 0. The van der Waals surface area contributed by atoms with Gasteiger partial charge in [-0.25, -0.2) is 13.2 Å². The number of ether oxygens (including phenoxy) is 1. The maximum Gasteiger partial charge on any atom is 0.130 e. The van der Waals surface area contributed by atoms with Gasteiger partial charge in [-0.3, -0.25) is 0 Å². The van der Waals surface area contributed by atoms with Crippen LogP contribution in [0, 0.1) is 17.5 Å². The summed E-state index contributed by atoms with van der Waals surface area (Å²) in [4.78, 5) is 0. The molecule has 5 heteroatoms. The van der Waals surface area contributed by atoms with Crippen molar-refractivity contribution in [3.05, 3.63) is 65.0 Å². The summed E-state index contributed by atoms with van der Waals surface area (Å²) >= 11 is 5.66. The van der Waals surface area contributed by atoms with E-state index in [0.717, 1.165) is 18.2 Å². The fourth-order valence-electron chi connectivity index (χ4n) is 1.60. The third-order valence-corrected chi connectivity index (χ3v) is 2.85. The highest BCUT2D eigenvalue weighted by Crippen LogP contribution is 2.23. The largest absolute Gasteiger partial charge is 0.488 e. The maximum atomic E-state index is 13.4. The van der Waals surface area contributed by atoms with E-state index in [2.05, 4.69) is 0 Å². The summed E-state index contributed by atoms with van der Waals surface area (Å²) in [5.41, 5.74) is 0.545. The standard InChI is InChI=1S/C14H10ClF3O/c15-7-9-5-12(17)2-4-14(9)19-8-10-6-11(16)1-3-13(10)18/h1-6H,7-8H2. The Morgan fingerprint density at radius 3 is 2.21 bits per heavy atom. The zero-order valence-electron chi connectivity index (χ0n) is 9.80. The second kappa shape index (κ2) is 5.97. The molecule has 0 fully saturated rings. The maximum absolute atomic E-state index is 13.4. The Morgan fingerprint density at radius 1 is 0.895 bits per heavy atom. The summed E-state index contributed by atoms with van der Waals surface area (Å²) in [5.74, 6) is -1.12. The minimum atomic E-state index is -0.559. The van der Waals surface area contributed by atoms with E-state index in [1.807, 2.05) is 0 Å². The van der Waals surface area contributed by atoms with Crippen LogP contribution in [-0.2, 0) is 12.5 Å². The van der Waals surface area contributed by atoms with Gasteiger partial charge in [-0.1, -0.05) is 0 Å². The second-order valence-corrected chi connectivity index (χ2v) is 4.18. The van der Waals surface area contributed by atoms with Gasteiger partial charge in [0.05, 0.1) is 5.88 Å². The molecule has 100 valence electrons. The van der Waals surface area contributed by atoms with Gasteiger partial charge in [0.2, 0.25) is 0 Å². The van der Waals surface area contributed by atoms with Crippen LogP contribution in [0.15, 0.2) is 36.4 Å². The number of halogens is 4. The summed E-state index contributed by atoms with van der Waals surface area (Å²) in [5, 5.41) is 0. The monoisotopic (exact) mass is 286 g/mol. The van der Waals surface area contributed by atoms with E-state index in [9.17, 15) is 13.2 Å². The summed E-state index contributed by atoms with van der Waals surface area (Å²) in [7, 11) is 0. The lowest BCUT2D eigenvalue weighted by Crippen LogP contribution is -2.01. The molecule has 0 heterocycles. The Kier molecular flexibility index (Phi) is 4.32. The van der Waals surface area contributed by atoms with Gasteiger partial charge in [0.15, 0.2) is 0 Å². The zero-order valence-corrected chi connectivity index (χ0v) is 10.6. The van der Waals surface area contributed by atoms with Crippen molar-refractivity contribution in [3.63, 3.8) is 0 Å². The highest BCUT2D eigenvalue weighted by atomic mass is 35.5. The minimum absolute atomic E-state index is 0.0682. The molecular formula is C14H10ClF3O. The molecule has 0 aliphatic rings. The summed E-state index contributed by atoms with van der Waals surface area (Å²) in [6.45, 7) is -0.154. The molecule has 0 aliphatic heterocycles. The van der Waals surface area contributed by atoms with Crippen molar-refractivity contribution in [2.24, 2.45) is 0 Å². The van der Waals surface area contributed by atoms with E-state index in [-0.39, 0.29) is 18.1 Å². The van der Waals surface area contributed by atoms with Gasteiger partial charge < -0.3 is 4.74 Å². The molecule has 2 aromatic rings. The highest BCUT2D eigenvalue weighted by Gasteiger charge is 2.08. The van der Waals surface area contributed by atoms with E-state index in [0.29, 0.717) is 11.3 Å². The van der Waals surface area contributed by atoms with Crippen LogP contribution in [-0.4, -0.2) is 0 Å². The SMILES string of the molecule is Fc1ccc(F)c(COc2ccc(F)cc2CCl)c1. The zero-order chi connectivity index (χ0) is 13.8. The fraction of sp³-hybridized carbons (Fsp3) is 0.143. The third kappa shape index (κ3) is 3.41. The molecule has 0 radical (unpaired) electrons. The molecule has 0 amide bonds. The smallest absolute Gasteiger partial charge is 0.130 e. The molecule has 0 spiro atoms. The number of alkyl halides is 1. The van der Waals surface area contributed by atoms with E-state index in [4.69, 9.17) is 16.3 Å². The molecule has 0 atom stereocenters. The fourth-order valence-corrected chi connectivity index (χ4v) is 1.81. The molecule has 0 aliphatic carbocycles. The van der Waals surface area contributed by atoms with Crippen LogP contribution < -0.4 is 4.74 Å². The lowest BCUT2D eigenvalue weighted by atomic mass is 10.2. The van der Waals surface area contributed by atoms with Crippen LogP contribution in [0.4, 0.5) is 13.2 Å². The van der Waals surface area contributed by atoms with Gasteiger partial charge >= 0.3 is 0 Å². The van der Waals surface area contributed by atoms with Gasteiger partial charge in [0.1, 0.15) is 29.8 Å². The van der Waals surface area contributed by atoms with Gasteiger partial charge in [-0.2, -0.15) is 0 Å². The first-order chi connectivity index (χ1) is 9.10.